The number of sulfonamides is 1. The number of benzene rings is 1. The lowest BCUT2D eigenvalue weighted by atomic mass is 9.82. The van der Waals surface area contributed by atoms with E-state index in [2.05, 4.69) is 4.74 Å². The van der Waals surface area contributed by atoms with Gasteiger partial charge in [-0.3, -0.25) is 0 Å². The average Bonchev–Trinajstić information content (AvgIpc) is 2.66. The van der Waals surface area contributed by atoms with E-state index in [0.29, 0.717) is 6.54 Å². The maximum atomic E-state index is 12.6. The van der Waals surface area contributed by atoms with E-state index in [-0.39, 0.29) is 16.7 Å². The van der Waals surface area contributed by atoms with E-state index >= 15 is 0 Å². The number of esters is 1. The summed E-state index contributed by atoms with van der Waals surface area (Å²) in [5.74, 6) is 0.0219. The first-order chi connectivity index (χ1) is 13.0. The van der Waals surface area contributed by atoms with Gasteiger partial charge in [0.2, 0.25) is 10.0 Å². The Bertz CT molecular complexity index is 795. The van der Waals surface area contributed by atoms with Crippen molar-refractivity contribution in [2.75, 3.05) is 20.7 Å². The van der Waals surface area contributed by atoms with Crippen LogP contribution in [0.15, 0.2) is 41.3 Å². The van der Waals surface area contributed by atoms with Crippen molar-refractivity contribution < 1.29 is 31.1 Å². The third kappa shape index (κ3) is 5.81. The highest BCUT2D eigenvalue weighted by atomic mass is 32.2. The molecular formula is C19H24F3NO4S. The quantitative estimate of drug-likeness (QED) is 0.519. The van der Waals surface area contributed by atoms with Crippen LogP contribution in [-0.2, 0) is 25.7 Å². The van der Waals surface area contributed by atoms with Gasteiger partial charge in [0, 0.05) is 19.7 Å². The highest BCUT2D eigenvalue weighted by Gasteiger charge is 2.31. The van der Waals surface area contributed by atoms with Gasteiger partial charge in [0.1, 0.15) is 0 Å². The number of nitrogens with zero attached hydrogens (tertiary/aromatic N) is 1. The number of ether oxygens (including phenoxy) is 1. The highest BCUT2D eigenvalue weighted by molar-refractivity contribution is 7.89. The first-order valence-corrected chi connectivity index (χ1v) is 10.4. The van der Waals surface area contributed by atoms with E-state index in [4.69, 9.17) is 0 Å². The first kappa shape index (κ1) is 22.4. The molecule has 1 fully saturated rings. The molecule has 0 amide bonds. The fraction of sp³-hybridized carbons (Fsp3) is 0.526. The predicted octanol–water partition coefficient (Wildman–Crippen LogP) is 3.86. The zero-order valence-corrected chi connectivity index (χ0v) is 16.6. The number of methoxy groups -OCH3 is 1. The molecule has 2 rings (SSSR count). The summed E-state index contributed by atoms with van der Waals surface area (Å²) in [5, 5.41) is 0. The molecule has 0 saturated heterocycles. The van der Waals surface area contributed by atoms with Crippen molar-refractivity contribution in [2.45, 2.75) is 36.8 Å². The van der Waals surface area contributed by atoms with Crippen molar-refractivity contribution in [1.82, 2.24) is 4.31 Å². The molecule has 28 heavy (non-hydrogen) atoms. The minimum absolute atomic E-state index is 0.155. The first-order valence-electron chi connectivity index (χ1n) is 8.93. The van der Waals surface area contributed by atoms with Gasteiger partial charge in [0.25, 0.3) is 0 Å². The molecule has 5 nitrogen and oxygen atoms in total. The Morgan fingerprint density at radius 1 is 1.18 bits per heavy atom. The molecule has 156 valence electrons. The van der Waals surface area contributed by atoms with E-state index in [1.807, 2.05) is 6.08 Å². The van der Waals surface area contributed by atoms with Crippen LogP contribution in [0.3, 0.4) is 0 Å². The SMILES string of the molecule is COC(=O)C=CC1CCC(CN(C)S(=O)(=O)c2ccc(C(F)(F)F)cc2)CC1. The minimum Gasteiger partial charge on any atom is -0.466 e. The Balaban J connectivity index is 1.94. The number of carbonyl (C=O) groups is 1. The lowest BCUT2D eigenvalue weighted by Gasteiger charge is -2.29. The van der Waals surface area contributed by atoms with Crippen LogP contribution in [0.4, 0.5) is 13.2 Å². The van der Waals surface area contributed by atoms with Gasteiger partial charge in [0.15, 0.2) is 0 Å². The van der Waals surface area contributed by atoms with Crippen molar-refractivity contribution in [3.05, 3.63) is 42.0 Å². The molecule has 0 N–H and O–H groups in total. The largest absolute Gasteiger partial charge is 0.466 e. The Kier molecular flexibility index (Phi) is 7.28. The van der Waals surface area contributed by atoms with E-state index in [1.54, 1.807) is 0 Å². The van der Waals surface area contributed by atoms with Crippen LogP contribution in [0, 0.1) is 11.8 Å². The van der Waals surface area contributed by atoms with Crippen molar-refractivity contribution in [2.24, 2.45) is 11.8 Å². The van der Waals surface area contributed by atoms with Gasteiger partial charge in [-0.05, 0) is 61.8 Å². The molecule has 0 aromatic heterocycles. The topological polar surface area (TPSA) is 63.7 Å². The summed E-state index contributed by atoms with van der Waals surface area (Å²) >= 11 is 0. The molecule has 1 aliphatic carbocycles. The van der Waals surface area contributed by atoms with Gasteiger partial charge < -0.3 is 4.74 Å². The molecule has 1 aromatic rings. The van der Waals surface area contributed by atoms with Gasteiger partial charge in [0.05, 0.1) is 17.6 Å². The number of alkyl halides is 3. The Labute approximate surface area is 163 Å². The minimum atomic E-state index is -4.50. The maximum Gasteiger partial charge on any atom is 0.416 e. The Morgan fingerprint density at radius 2 is 1.75 bits per heavy atom. The lowest BCUT2D eigenvalue weighted by molar-refractivity contribution is -0.137. The van der Waals surface area contributed by atoms with E-state index in [0.717, 1.165) is 49.9 Å². The molecule has 1 aromatic carbocycles. The van der Waals surface area contributed by atoms with E-state index < -0.39 is 27.7 Å². The van der Waals surface area contributed by atoms with Crippen molar-refractivity contribution in [3.63, 3.8) is 0 Å². The molecular weight excluding hydrogens is 395 g/mol. The van der Waals surface area contributed by atoms with Gasteiger partial charge in [-0.1, -0.05) is 6.08 Å². The number of hydrogen-bond acceptors (Lipinski definition) is 4. The summed E-state index contributed by atoms with van der Waals surface area (Å²) in [6.45, 7) is 0.302. The second kappa shape index (κ2) is 9.09. The Hall–Kier alpha value is -1.87. The average molecular weight is 419 g/mol. The third-order valence-electron chi connectivity index (χ3n) is 5.00. The lowest BCUT2D eigenvalue weighted by Crippen LogP contribution is -2.33. The van der Waals surface area contributed by atoms with Gasteiger partial charge in [-0.2, -0.15) is 13.2 Å². The molecule has 1 aliphatic rings. The molecule has 0 radical (unpaired) electrons. The summed E-state index contributed by atoms with van der Waals surface area (Å²) in [6.07, 6.45) is 2.02. The molecule has 0 heterocycles. The van der Waals surface area contributed by atoms with Crippen LogP contribution < -0.4 is 0 Å². The van der Waals surface area contributed by atoms with Crippen LogP contribution in [0.2, 0.25) is 0 Å². The van der Waals surface area contributed by atoms with Gasteiger partial charge >= 0.3 is 12.1 Å². The Morgan fingerprint density at radius 3 is 2.25 bits per heavy atom. The van der Waals surface area contributed by atoms with Gasteiger partial charge in [-0.15, -0.1) is 0 Å². The second-order valence-electron chi connectivity index (χ2n) is 6.97. The standard InChI is InChI=1S/C19H24F3NO4S/c1-23(13-15-5-3-14(4-6-15)7-12-18(24)27-2)28(25,26)17-10-8-16(9-11-17)19(20,21)22/h7-12,14-15H,3-6,13H2,1-2H3. The predicted molar refractivity (Wildman–Crippen MR) is 97.9 cm³/mol. The van der Waals surface area contributed by atoms with Crippen molar-refractivity contribution in [1.29, 1.82) is 0 Å². The molecule has 0 spiro atoms. The van der Waals surface area contributed by atoms with Crippen LogP contribution >= 0.6 is 0 Å². The monoisotopic (exact) mass is 419 g/mol. The molecule has 1 saturated carbocycles. The van der Waals surface area contributed by atoms with Gasteiger partial charge in [-0.25, -0.2) is 17.5 Å². The number of halogens is 3. The fourth-order valence-corrected chi connectivity index (χ4v) is 4.55. The number of allylic oxidation sites excluding steroid dienone is 1. The van der Waals surface area contributed by atoms with E-state index in [9.17, 15) is 26.4 Å². The van der Waals surface area contributed by atoms with Crippen LogP contribution in [0.5, 0.6) is 0 Å². The smallest absolute Gasteiger partial charge is 0.416 e. The molecule has 0 bridgehead atoms. The zero-order valence-electron chi connectivity index (χ0n) is 15.8. The van der Waals surface area contributed by atoms with Crippen LogP contribution in [0.25, 0.3) is 0 Å². The number of hydrogen-bond donors (Lipinski definition) is 0. The summed E-state index contributed by atoms with van der Waals surface area (Å²) in [4.78, 5) is 11.0. The summed E-state index contributed by atoms with van der Waals surface area (Å²) in [5.41, 5.74) is -0.882. The maximum absolute atomic E-state index is 12.6. The fourth-order valence-electron chi connectivity index (χ4n) is 3.30. The third-order valence-corrected chi connectivity index (χ3v) is 6.84. The number of carbonyl (C=O) groups excluding carboxylic acids is 1. The molecule has 9 heteroatoms. The van der Waals surface area contributed by atoms with E-state index in [1.165, 1.54) is 24.5 Å². The normalized spacial score (nSPS) is 21.2. The second-order valence-corrected chi connectivity index (χ2v) is 9.02. The van der Waals surface area contributed by atoms with Crippen LogP contribution in [0.1, 0.15) is 31.2 Å². The highest BCUT2D eigenvalue weighted by Crippen LogP contribution is 2.32. The van der Waals surface area contributed by atoms with Crippen LogP contribution in [-0.4, -0.2) is 39.4 Å². The number of rotatable bonds is 6. The van der Waals surface area contributed by atoms with Crippen molar-refractivity contribution in [3.8, 4) is 0 Å². The summed E-state index contributed by atoms with van der Waals surface area (Å²) < 4.78 is 68.9. The summed E-state index contributed by atoms with van der Waals surface area (Å²) in [7, 11) is -1.09. The molecule has 0 unspecified atom stereocenters. The molecule has 0 atom stereocenters. The molecule has 0 aliphatic heterocycles. The summed E-state index contributed by atoms with van der Waals surface area (Å²) in [6, 6.07) is 3.53. The zero-order chi connectivity index (χ0) is 20.9. The van der Waals surface area contributed by atoms with Crippen molar-refractivity contribution >= 4 is 16.0 Å².